The van der Waals surface area contributed by atoms with Gasteiger partial charge in [0.15, 0.2) is 5.82 Å². The molecule has 1 amide bonds. The van der Waals surface area contributed by atoms with Crippen LogP contribution in [0.2, 0.25) is 0 Å². The summed E-state index contributed by atoms with van der Waals surface area (Å²) in [5, 5.41) is 11.6. The van der Waals surface area contributed by atoms with Crippen molar-refractivity contribution in [1.82, 2.24) is 20.2 Å². The lowest BCUT2D eigenvalue weighted by Gasteiger charge is -2.06. The van der Waals surface area contributed by atoms with E-state index < -0.39 is 0 Å². The topological polar surface area (TPSA) is 85.8 Å². The first-order valence-corrected chi connectivity index (χ1v) is 9.92. The van der Waals surface area contributed by atoms with Crippen LogP contribution in [0.4, 0.5) is 4.39 Å². The monoisotopic (exact) mass is 449 g/mol. The molecule has 27 heavy (non-hydrogen) atoms. The SMILES string of the molecule is Nn1c(SCCC(=O)NCc2ccc(F)cc2)nnc1-c1ccccc1Br. The lowest BCUT2D eigenvalue weighted by atomic mass is 10.2. The number of carbonyl (C=O) groups is 1. The maximum Gasteiger partial charge on any atom is 0.221 e. The Morgan fingerprint density at radius 2 is 1.93 bits per heavy atom. The third-order valence-corrected chi connectivity index (χ3v) is 5.38. The first kappa shape index (κ1) is 19.4. The number of hydrogen-bond donors (Lipinski definition) is 2. The summed E-state index contributed by atoms with van der Waals surface area (Å²) in [6.45, 7) is 0.364. The Bertz CT molecular complexity index is 932. The molecule has 0 bridgehead atoms. The molecule has 3 aromatic rings. The van der Waals surface area contributed by atoms with Crippen molar-refractivity contribution < 1.29 is 9.18 Å². The Morgan fingerprint density at radius 1 is 1.19 bits per heavy atom. The van der Waals surface area contributed by atoms with Gasteiger partial charge >= 0.3 is 0 Å². The van der Waals surface area contributed by atoms with Crippen molar-refractivity contribution in [2.45, 2.75) is 18.1 Å². The number of halogens is 2. The number of nitrogen functional groups attached to an aromatic ring is 1. The van der Waals surface area contributed by atoms with E-state index in [1.165, 1.54) is 28.6 Å². The van der Waals surface area contributed by atoms with Gasteiger partial charge < -0.3 is 11.2 Å². The highest BCUT2D eigenvalue weighted by atomic mass is 79.9. The van der Waals surface area contributed by atoms with E-state index in [0.717, 1.165) is 15.6 Å². The molecule has 9 heteroatoms. The number of nitrogens with zero attached hydrogens (tertiary/aromatic N) is 3. The Morgan fingerprint density at radius 3 is 2.67 bits per heavy atom. The minimum atomic E-state index is -0.297. The van der Waals surface area contributed by atoms with Crippen molar-refractivity contribution in [3.63, 3.8) is 0 Å². The summed E-state index contributed by atoms with van der Waals surface area (Å²) in [5.74, 6) is 6.75. The molecule has 0 atom stereocenters. The van der Waals surface area contributed by atoms with E-state index in [2.05, 4.69) is 31.4 Å². The highest BCUT2D eigenvalue weighted by Gasteiger charge is 2.14. The van der Waals surface area contributed by atoms with E-state index in [-0.39, 0.29) is 11.7 Å². The molecule has 6 nitrogen and oxygen atoms in total. The van der Waals surface area contributed by atoms with E-state index in [4.69, 9.17) is 5.84 Å². The van der Waals surface area contributed by atoms with Gasteiger partial charge in [0.05, 0.1) is 0 Å². The molecule has 3 rings (SSSR count). The minimum Gasteiger partial charge on any atom is -0.352 e. The van der Waals surface area contributed by atoms with Crippen LogP contribution in [0.3, 0.4) is 0 Å². The Kier molecular flexibility index (Phi) is 6.46. The van der Waals surface area contributed by atoms with Crippen molar-refractivity contribution >= 4 is 33.6 Å². The molecule has 1 aromatic heterocycles. The predicted octanol–water partition coefficient (Wildman–Crippen LogP) is 3.36. The second kappa shape index (κ2) is 9.01. The Labute approximate surface area is 168 Å². The average molecular weight is 450 g/mol. The van der Waals surface area contributed by atoms with Gasteiger partial charge in [0.25, 0.3) is 0 Å². The third kappa shape index (κ3) is 5.08. The summed E-state index contributed by atoms with van der Waals surface area (Å²) in [4.78, 5) is 12.0. The molecule has 140 valence electrons. The first-order chi connectivity index (χ1) is 13.0. The number of rotatable bonds is 7. The van der Waals surface area contributed by atoms with Gasteiger partial charge in [0.1, 0.15) is 5.82 Å². The molecule has 0 saturated carbocycles. The zero-order valence-electron chi connectivity index (χ0n) is 14.2. The number of amides is 1. The molecule has 3 N–H and O–H groups in total. The molecule has 0 aliphatic carbocycles. The molecule has 1 heterocycles. The van der Waals surface area contributed by atoms with E-state index in [0.29, 0.717) is 29.7 Å². The van der Waals surface area contributed by atoms with E-state index in [1.807, 2.05) is 24.3 Å². The highest BCUT2D eigenvalue weighted by molar-refractivity contribution is 9.10. The molecule has 0 aliphatic heterocycles. The third-order valence-electron chi connectivity index (χ3n) is 3.74. The minimum absolute atomic E-state index is 0.0964. The summed E-state index contributed by atoms with van der Waals surface area (Å²) < 4.78 is 15.2. The van der Waals surface area contributed by atoms with Crippen molar-refractivity contribution in [2.75, 3.05) is 11.6 Å². The summed E-state index contributed by atoms with van der Waals surface area (Å²) in [5.41, 5.74) is 1.69. The quantitative estimate of drug-likeness (QED) is 0.426. The van der Waals surface area contributed by atoms with Gasteiger partial charge in [-0.05, 0) is 29.8 Å². The number of benzene rings is 2. The maximum absolute atomic E-state index is 12.9. The lowest BCUT2D eigenvalue weighted by Crippen LogP contribution is -2.23. The van der Waals surface area contributed by atoms with Gasteiger partial charge in [0.2, 0.25) is 11.1 Å². The van der Waals surface area contributed by atoms with Crippen molar-refractivity contribution in [1.29, 1.82) is 0 Å². The zero-order chi connectivity index (χ0) is 19.2. The average Bonchev–Trinajstić information content (AvgIpc) is 3.02. The number of carbonyl (C=O) groups excluding carboxylic acids is 1. The van der Waals surface area contributed by atoms with Gasteiger partial charge in [-0.1, -0.05) is 52.0 Å². The Balaban J connectivity index is 1.50. The molecule has 0 unspecified atom stereocenters. The van der Waals surface area contributed by atoms with E-state index in [9.17, 15) is 9.18 Å². The summed E-state index contributed by atoms with van der Waals surface area (Å²) >= 11 is 4.83. The number of aromatic nitrogens is 3. The number of nitrogens with one attached hydrogen (secondary N) is 1. The fraction of sp³-hybridized carbons (Fsp3) is 0.167. The van der Waals surface area contributed by atoms with Crippen LogP contribution >= 0.6 is 27.7 Å². The van der Waals surface area contributed by atoms with Crippen LogP contribution in [0.5, 0.6) is 0 Å². The molecule has 0 spiro atoms. The molecular formula is C18H17BrFN5OS. The van der Waals surface area contributed by atoms with Crippen LogP contribution in [-0.2, 0) is 11.3 Å². The molecule has 0 fully saturated rings. The van der Waals surface area contributed by atoms with Crippen molar-refractivity contribution in [2.24, 2.45) is 0 Å². The molecule has 0 radical (unpaired) electrons. The molecule has 2 aromatic carbocycles. The lowest BCUT2D eigenvalue weighted by molar-refractivity contribution is -0.120. The predicted molar refractivity (Wildman–Crippen MR) is 107 cm³/mol. The van der Waals surface area contributed by atoms with Crippen molar-refractivity contribution in [3.8, 4) is 11.4 Å². The second-order valence-corrected chi connectivity index (χ2v) is 7.57. The fourth-order valence-corrected chi connectivity index (χ4v) is 3.58. The van der Waals surface area contributed by atoms with Crippen LogP contribution in [0, 0.1) is 5.82 Å². The molecule has 0 saturated heterocycles. The standard InChI is InChI=1S/C18H17BrFN5OS/c19-15-4-2-1-3-14(15)17-23-24-18(25(17)21)27-10-9-16(26)22-11-12-5-7-13(20)8-6-12/h1-8H,9-11,21H2,(H,22,26). The molecule has 0 aliphatic rings. The summed E-state index contributed by atoms with van der Waals surface area (Å²) in [6, 6.07) is 13.6. The zero-order valence-corrected chi connectivity index (χ0v) is 16.6. The van der Waals surface area contributed by atoms with Gasteiger partial charge in [-0.3, -0.25) is 4.79 Å². The summed E-state index contributed by atoms with van der Waals surface area (Å²) in [6.07, 6.45) is 0.309. The van der Waals surface area contributed by atoms with E-state index in [1.54, 1.807) is 12.1 Å². The van der Waals surface area contributed by atoms with Crippen LogP contribution in [0.15, 0.2) is 58.2 Å². The van der Waals surface area contributed by atoms with Crippen LogP contribution < -0.4 is 11.2 Å². The van der Waals surface area contributed by atoms with Crippen molar-refractivity contribution in [3.05, 3.63) is 64.4 Å². The number of nitrogens with two attached hydrogens (primary N) is 1. The second-order valence-electron chi connectivity index (χ2n) is 5.66. The summed E-state index contributed by atoms with van der Waals surface area (Å²) in [7, 11) is 0. The Hall–Kier alpha value is -2.39. The van der Waals surface area contributed by atoms with Gasteiger partial charge in [-0.25, -0.2) is 9.07 Å². The fourth-order valence-electron chi connectivity index (χ4n) is 2.33. The van der Waals surface area contributed by atoms with Crippen LogP contribution in [-0.4, -0.2) is 26.5 Å². The molecular weight excluding hydrogens is 433 g/mol. The van der Waals surface area contributed by atoms with E-state index >= 15 is 0 Å². The van der Waals surface area contributed by atoms with Gasteiger partial charge in [0, 0.05) is 28.8 Å². The first-order valence-electron chi connectivity index (χ1n) is 8.14. The largest absolute Gasteiger partial charge is 0.352 e. The van der Waals surface area contributed by atoms with Crippen LogP contribution in [0.1, 0.15) is 12.0 Å². The maximum atomic E-state index is 12.9. The smallest absolute Gasteiger partial charge is 0.221 e. The number of hydrogen-bond acceptors (Lipinski definition) is 5. The van der Waals surface area contributed by atoms with Gasteiger partial charge in [-0.15, -0.1) is 10.2 Å². The van der Waals surface area contributed by atoms with Crippen LogP contribution in [0.25, 0.3) is 11.4 Å². The number of thioether (sulfide) groups is 1. The van der Waals surface area contributed by atoms with Gasteiger partial charge in [-0.2, -0.15) is 0 Å². The highest BCUT2D eigenvalue weighted by Crippen LogP contribution is 2.27. The normalized spacial score (nSPS) is 10.7.